The highest BCUT2D eigenvalue weighted by Gasteiger charge is 2.04. The van der Waals surface area contributed by atoms with Crippen LogP contribution in [0.1, 0.15) is 17.0 Å². The van der Waals surface area contributed by atoms with Crippen molar-refractivity contribution >= 4 is 0 Å². The van der Waals surface area contributed by atoms with Crippen LogP contribution in [0.3, 0.4) is 0 Å². The average Bonchev–Trinajstić information content (AvgIpc) is 2.78. The van der Waals surface area contributed by atoms with Crippen LogP contribution in [0.2, 0.25) is 0 Å². The Morgan fingerprint density at radius 2 is 1.62 bits per heavy atom. The van der Waals surface area contributed by atoms with E-state index in [1.54, 1.807) is 0 Å². The standard InChI is InChI=1S/C24H23N5/c1-18-6-5-9-21(14-18)24-27-16-19(17-28-24)15-25-12-11-23-26-13-10-22(29-23)20-7-3-2-4-8-20/h2-10,13-14,16-17,25H,11-12,15H2,1H3. The molecule has 29 heavy (non-hydrogen) atoms. The van der Waals surface area contributed by atoms with Crippen LogP contribution in [0.15, 0.2) is 79.3 Å². The minimum atomic E-state index is 0.715. The summed E-state index contributed by atoms with van der Waals surface area (Å²) in [4.78, 5) is 18.0. The van der Waals surface area contributed by atoms with Gasteiger partial charge in [-0.25, -0.2) is 19.9 Å². The van der Waals surface area contributed by atoms with Gasteiger partial charge in [0, 0.05) is 54.8 Å². The summed E-state index contributed by atoms with van der Waals surface area (Å²) in [5, 5.41) is 3.42. The molecule has 0 aliphatic carbocycles. The maximum absolute atomic E-state index is 4.66. The van der Waals surface area contributed by atoms with Gasteiger partial charge in [-0.3, -0.25) is 0 Å². The summed E-state index contributed by atoms with van der Waals surface area (Å²) in [7, 11) is 0. The molecule has 0 saturated heterocycles. The highest BCUT2D eigenvalue weighted by molar-refractivity contribution is 5.58. The first-order valence-corrected chi connectivity index (χ1v) is 9.74. The molecular weight excluding hydrogens is 358 g/mol. The Balaban J connectivity index is 1.30. The van der Waals surface area contributed by atoms with Gasteiger partial charge in [-0.2, -0.15) is 0 Å². The molecule has 0 saturated carbocycles. The molecular formula is C24H23N5. The Kier molecular flexibility index (Phi) is 5.98. The lowest BCUT2D eigenvalue weighted by atomic mass is 10.1. The zero-order chi connectivity index (χ0) is 19.9. The maximum atomic E-state index is 4.66. The van der Waals surface area contributed by atoms with Crippen molar-refractivity contribution in [2.45, 2.75) is 19.9 Å². The molecule has 5 heteroatoms. The highest BCUT2D eigenvalue weighted by atomic mass is 14.9. The van der Waals surface area contributed by atoms with Gasteiger partial charge in [-0.15, -0.1) is 0 Å². The van der Waals surface area contributed by atoms with Crippen LogP contribution in [0.5, 0.6) is 0 Å². The summed E-state index contributed by atoms with van der Waals surface area (Å²) in [6.45, 7) is 3.57. The Morgan fingerprint density at radius 3 is 2.41 bits per heavy atom. The van der Waals surface area contributed by atoms with Crippen molar-refractivity contribution in [2.24, 2.45) is 0 Å². The molecule has 0 spiro atoms. The molecule has 2 aromatic heterocycles. The van der Waals surface area contributed by atoms with Crippen molar-refractivity contribution in [2.75, 3.05) is 6.54 Å². The van der Waals surface area contributed by atoms with Crippen molar-refractivity contribution in [3.05, 3.63) is 96.2 Å². The number of benzene rings is 2. The van der Waals surface area contributed by atoms with Gasteiger partial charge in [0.1, 0.15) is 5.82 Å². The lowest BCUT2D eigenvalue weighted by Crippen LogP contribution is -2.18. The van der Waals surface area contributed by atoms with E-state index in [1.165, 1.54) is 5.56 Å². The molecule has 1 N–H and O–H groups in total. The molecule has 2 heterocycles. The van der Waals surface area contributed by atoms with Crippen LogP contribution in [0, 0.1) is 6.92 Å². The molecule has 0 aliphatic heterocycles. The van der Waals surface area contributed by atoms with E-state index in [0.29, 0.717) is 6.54 Å². The van der Waals surface area contributed by atoms with Gasteiger partial charge < -0.3 is 5.32 Å². The predicted molar refractivity (Wildman–Crippen MR) is 115 cm³/mol. The van der Waals surface area contributed by atoms with Crippen LogP contribution in [0.4, 0.5) is 0 Å². The van der Waals surface area contributed by atoms with E-state index >= 15 is 0 Å². The van der Waals surface area contributed by atoms with Crippen molar-refractivity contribution < 1.29 is 0 Å². The number of hydrogen-bond donors (Lipinski definition) is 1. The Morgan fingerprint density at radius 1 is 0.828 bits per heavy atom. The third-order valence-electron chi connectivity index (χ3n) is 4.61. The van der Waals surface area contributed by atoms with E-state index in [1.807, 2.05) is 55.0 Å². The van der Waals surface area contributed by atoms with Gasteiger partial charge in [-0.05, 0) is 19.1 Å². The normalized spacial score (nSPS) is 10.8. The van der Waals surface area contributed by atoms with Gasteiger partial charge in [0.2, 0.25) is 0 Å². The quantitative estimate of drug-likeness (QED) is 0.485. The Bertz CT molecular complexity index is 1060. The summed E-state index contributed by atoms with van der Waals surface area (Å²) < 4.78 is 0. The minimum absolute atomic E-state index is 0.715. The van der Waals surface area contributed by atoms with Gasteiger partial charge in [0.15, 0.2) is 5.82 Å². The third kappa shape index (κ3) is 5.09. The van der Waals surface area contributed by atoms with Crippen LogP contribution in [-0.2, 0) is 13.0 Å². The molecule has 4 rings (SSSR count). The monoisotopic (exact) mass is 381 g/mol. The van der Waals surface area contributed by atoms with E-state index in [0.717, 1.165) is 47.0 Å². The largest absolute Gasteiger partial charge is 0.312 e. The summed E-state index contributed by atoms with van der Waals surface area (Å²) in [5.74, 6) is 1.59. The van der Waals surface area contributed by atoms with E-state index in [-0.39, 0.29) is 0 Å². The van der Waals surface area contributed by atoms with Gasteiger partial charge >= 0.3 is 0 Å². The molecule has 5 nitrogen and oxygen atoms in total. The number of aryl methyl sites for hydroxylation is 1. The second-order valence-electron chi connectivity index (χ2n) is 6.94. The number of hydrogen-bond acceptors (Lipinski definition) is 5. The lowest BCUT2D eigenvalue weighted by molar-refractivity contribution is 0.667. The highest BCUT2D eigenvalue weighted by Crippen LogP contribution is 2.16. The summed E-state index contributed by atoms with van der Waals surface area (Å²) in [6, 6.07) is 20.3. The van der Waals surface area contributed by atoms with Crippen LogP contribution < -0.4 is 5.32 Å². The molecule has 0 atom stereocenters. The second kappa shape index (κ2) is 9.17. The fourth-order valence-electron chi connectivity index (χ4n) is 3.10. The molecule has 0 unspecified atom stereocenters. The second-order valence-corrected chi connectivity index (χ2v) is 6.94. The SMILES string of the molecule is Cc1cccc(-c2ncc(CNCCc3nccc(-c4ccccc4)n3)cn2)c1. The summed E-state index contributed by atoms with van der Waals surface area (Å²) in [6.07, 6.45) is 6.35. The molecule has 2 aromatic carbocycles. The maximum Gasteiger partial charge on any atom is 0.159 e. The predicted octanol–water partition coefficient (Wildman–Crippen LogP) is 4.24. The molecule has 0 aliphatic rings. The lowest BCUT2D eigenvalue weighted by Gasteiger charge is -2.07. The van der Waals surface area contributed by atoms with E-state index in [9.17, 15) is 0 Å². The van der Waals surface area contributed by atoms with Crippen LogP contribution >= 0.6 is 0 Å². The first kappa shape index (κ1) is 18.9. The molecule has 144 valence electrons. The number of rotatable bonds is 7. The number of aromatic nitrogens is 4. The minimum Gasteiger partial charge on any atom is -0.312 e. The van der Waals surface area contributed by atoms with Crippen molar-refractivity contribution in [1.82, 2.24) is 25.3 Å². The molecule has 4 aromatic rings. The third-order valence-corrected chi connectivity index (χ3v) is 4.61. The van der Waals surface area contributed by atoms with Gasteiger partial charge in [-0.1, -0.05) is 54.1 Å². The topological polar surface area (TPSA) is 63.6 Å². The van der Waals surface area contributed by atoms with Crippen molar-refractivity contribution in [3.63, 3.8) is 0 Å². The summed E-state index contributed by atoms with van der Waals surface area (Å²) in [5.41, 5.74) is 5.36. The van der Waals surface area contributed by atoms with Crippen molar-refractivity contribution in [3.8, 4) is 22.6 Å². The number of nitrogens with one attached hydrogen (secondary N) is 1. The molecule has 0 fully saturated rings. The molecule has 0 radical (unpaired) electrons. The van der Waals surface area contributed by atoms with E-state index < -0.39 is 0 Å². The first-order valence-electron chi connectivity index (χ1n) is 9.74. The van der Waals surface area contributed by atoms with Gasteiger partial charge in [0.05, 0.1) is 5.69 Å². The Labute approximate surface area is 170 Å². The number of nitrogens with zero attached hydrogens (tertiary/aromatic N) is 4. The fourth-order valence-corrected chi connectivity index (χ4v) is 3.10. The van der Waals surface area contributed by atoms with Crippen molar-refractivity contribution in [1.29, 1.82) is 0 Å². The Hall–Kier alpha value is -3.44. The molecule has 0 bridgehead atoms. The summed E-state index contributed by atoms with van der Waals surface area (Å²) >= 11 is 0. The fraction of sp³-hybridized carbons (Fsp3) is 0.167. The van der Waals surface area contributed by atoms with Crippen LogP contribution in [0.25, 0.3) is 22.6 Å². The molecule has 0 amide bonds. The zero-order valence-electron chi connectivity index (χ0n) is 16.4. The van der Waals surface area contributed by atoms with Crippen LogP contribution in [-0.4, -0.2) is 26.5 Å². The van der Waals surface area contributed by atoms with E-state index in [4.69, 9.17) is 0 Å². The zero-order valence-corrected chi connectivity index (χ0v) is 16.4. The first-order chi connectivity index (χ1) is 14.3. The smallest absolute Gasteiger partial charge is 0.159 e. The average molecular weight is 381 g/mol. The van der Waals surface area contributed by atoms with E-state index in [2.05, 4.69) is 56.4 Å². The van der Waals surface area contributed by atoms with Gasteiger partial charge in [0.25, 0.3) is 0 Å².